The largest absolute Gasteiger partial charge is 0.398 e. The lowest BCUT2D eigenvalue weighted by Gasteiger charge is -2.07. The van der Waals surface area contributed by atoms with Crippen molar-refractivity contribution < 1.29 is 8.78 Å². The number of thioether (sulfide) groups is 1. The quantitative estimate of drug-likeness (QED) is 0.657. The van der Waals surface area contributed by atoms with E-state index < -0.39 is 0 Å². The Morgan fingerprint density at radius 2 is 1.72 bits per heavy atom. The summed E-state index contributed by atoms with van der Waals surface area (Å²) in [5, 5.41) is 0. The normalized spacial score (nSPS) is 10.6. The molecule has 2 aromatic rings. The molecule has 0 amide bonds. The molecule has 0 atom stereocenters. The van der Waals surface area contributed by atoms with Gasteiger partial charge in [-0.25, -0.2) is 8.78 Å². The molecule has 1 nitrogen and oxygen atoms in total. The Morgan fingerprint density at radius 3 is 2.44 bits per heavy atom. The number of nitrogens with two attached hydrogens (primary N) is 1. The Hall–Kier alpha value is -1.07. The number of anilines is 1. The van der Waals surface area contributed by atoms with Gasteiger partial charge in [0.2, 0.25) is 0 Å². The van der Waals surface area contributed by atoms with Crippen LogP contribution in [-0.4, -0.2) is 0 Å². The average molecular weight is 330 g/mol. The van der Waals surface area contributed by atoms with E-state index in [9.17, 15) is 8.78 Å². The highest BCUT2D eigenvalue weighted by Crippen LogP contribution is 2.31. The first-order chi connectivity index (χ1) is 8.56. The van der Waals surface area contributed by atoms with E-state index in [1.54, 1.807) is 12.1 Å². The van der Waals surface area contributed by atoms with Crippen molar-refractivity contribution >= 4 is 33.4 Å². The molecule has 2 aromatic carbocycles. The lowest BCUT2D eigenvalue weighted by Crippen LogP contribution is -1.91. The van der Waals surface area contributed by atoms with Crippen LogP contribution in [-0.2, 0) is 5.75 Å². The van der Waals surface area contributed by atoms with Crippen molar-refractivity contribution in [3.8, 4) is 0 Å². The molecule has 18 heavy (non-hydrogen) atoms. The van der Waals surface area contributed by atoms with Gasteiger partial charge in [0, 0.05) is 20.8 Å². The summed E-state index contributed by atoms with van der Waals surface area (Å²) >= 11 is 4.81. The molecule has 0 aliphatic heterocycles. The standard InChI is InChI=1S/C13H10BrF2NS/c14-11-3-1-9(15)5-8(11)7-18-13-4-2-10(16)6-12(13)17/h1-6H,7,17H2. The first-order valence-electron chi connectivity index (χ1n) is 5.18. The summed E-state index contributed by atoms with van der Waals surface area (Å²) in [6, 6.07) is 8.80. The van der Waals surface area contributed by atoms with Crippen LogP contribution >= 0.6 is 27.7 Å². The second-order valence-corrected chi connectivity index (χ2v) is 5.58. The van der Waals surface area contributed by atoms with Crippen molar-refractivity contribution in [3.63, 3.8) is 0 Å². The molecule has 2 rings (SSSR count). The molecule has 0 saturated heterocycles. The third-order valence-corrected chi connectivity index (χ3v) is 4.27. The van der Waals surface area contributed by atoms with Gasteiger partial charge in [-0.1, -0.05) is 15.9 Å². The fraction of sp³-hybridized carbons (Fsp3) is 0.0769. The van der Waals surface area contributed by atoms with E-state index in [1.165, 1.54) is 36.0 Å². The minimum absolute atomic E-state index is 0.277. The van der Waals surface area contributed by atoms with Gasteiger partial charge in [-0.2, -0.15) is 0 Å². The van der Waals surface area contributed by atoms with E-state index >= 15 is 0 Å². The van der Waals surface area contributed by atoms with Crippen LogP contribution in [0.4, 0.5) is 14.5 Å². The van der Waals surface area contributed by atoms with Crippen LogP contribution in [0.2, 0.25) is 0 Å². The van der Waals surface area contributed by atoms with Gasteiger partial charge in [-0.15, -0.1) is 11.8 Å². The Bertz CT molecular complexity index is 575. The Labute approximate surface area is 117 Å². The molecule has 0 radical (unpaired) electrons. The van der Waals surface area contributed by atoms with Crippen molar-refractivity contribution in [2.24, 2.45) is 0 Å². The molecule has 0 fully saturated rings. The zero-order valence-corrected chi connectivity index (χ0v) is 11.7. The molecule has 0 heterocycles. The zero-order chi connectivity index (χ0) is 13.1. The molecule has 0 unspecified atom stereocenters. The minimum Gasteiger partial charge on any atom is -0.398 e. The number of nitrogen functional groups attached to an aromatic ring is 1. The first-order valence-corrected chi connectivity index (χ1v) is 6.96. The van der Waals surface area contributed by atoms with E-state index in [4.69, 9.17) is 5.73 Å². The van der Waals surface area contributed by atoms with Gasteiger partial charge in [-0.05, 0) is 42.0 Å². The smallest absolute Gasteiger partial charge is 0.125 e. The summed E-state index contributed by atoms with van der Waals surface area (Å²) in [5.41, 5.74) is 6.94. The summed E-state index contributed by atoms with van der Waals surface area (Å²) in [7, 11) is 0. The lowest BCUT2D eigenvalue weighted by molar-refractivity contribution is 0.626. The molecule has 5 heteroatoms. The van der Waals surface area contributed by atoms with Crippen LogP contribution in [0.3, 0.4) is 0 Å². The van der Waals surface area contributed by atoms with Gasteiger partial charge < -0.3 is 5.73 Å². The molecule has 0 bridgehead atoms. The van der Waals surface area contributed by atoms with Gasteiger partial charge in [0.25, 0.3) is 0 Å². The van der Waals surface area contributed by atoms with Crippen molar-refractivity contribution in [2.45, 2.75) is 10.6 Å². The maximum Gasteiger partial charge on any atom is 0.125 e. The third-order valence-electron chi connectivity index (χ3n) is 2.36. The van der Waals surface area contributed by atoms with Crippen LogP contribution in [0.25, 0.3) is 0 Å². The average Bonchev–Trinajstić information content (AvgIpc) is 2.32. The predicted octanol–water partition coefficient (Wildman–Crippen LogP) is 4.60. The fourth-order valence-corrected chi connectivity index (χ4v) is 2.97. The number of rotatable bonds is 3. The van der Waals surface area contributed by atoms with Crippen LogP contribution < -0.4 is 5.73 Å². The van der Waals surface area contributed by atoms with Gasteiger partial charge in [0.15, 0.2) is 0 Å². The Kier molecular flexibility index (Phi) is 4.24. The fourth-order valence-electron chi connectivity index (χ4n) is 1.46. The van der Waals surface area contributed by atoms with Gasteiger partial charge >= 0.3 is 0 Å². The third kappa shape index (κ3) is 3.23. The highest BCUT2D eigenvalue weighted by atomic mass is 79.9. The van der Waals surface area contributed by atoms with Crippen LogP contribution in [0.5, 0.6) is 0 Å². The Balaban J connectivity index is 2.13. The molecule has 0 aromatic heterocycles. The van der Waals surface area contributed by atoms with E-state index in [1.807, 2.05) is 0 Å². The van der Waals surface area contributed by atoms with Crippen molar-refractivity contribution in [3.05, 3.63) is 58.1 Å². The summed E-state index contributed by atoms with van der Waals surface area (Å²) in [6.45, 7) is 0. The molecule has 0 spiro atoms. The molecular formula is C13H10BrF2NS. The highest BCUT2D eigenvalue weighted by molar-refractivity contribution is 9.10. The summed E-state index contributed by atoms with van der Waals surface area (Å²) in [6.07, 6.45) is 0. The maximum absolute atomic E-state index is 13.1. The maximum atomic E-state index is 13.1. The van der Waals surface area contributed by atoms with Crippen molar-refractivity contribution in [1.82, 2.24) is 0 Å². The van der Waals surface area contributed by atoms with E-state index in [-0.39, 0.29) is 11.6 Å². The number of hydrogen-bond acceptors (Lipinski definition) is 2. The van der Waals surface area contributed by atoms with Gasteiger partial charge in [0.1, 0.15) is 11.6 Å². The lowest BCUT2D eigenvalue weighted by atomic mass is 10.2. The van der Waals surface area contributed by atoms with Crippen molar-refractivity contribution in [2.75, 3.05) is 5.73 Å². The molecule has 0 saturated carbocycles. The monoisotopic (exact) mass is 329 g/mol. The van der Waals surface area contributed by atoms with Crippen LogP contribution in [0.1, 0.15) is 5.56 Å². The van der Waals surface area contributed by atoms with Crippen LogP contribution in [0.15, 0.2) is 45.8 Å². The van der Waals surface area contributed by atoms with E-state index in [0.29, 0.717) is 11.4 Å². The Morgan fingerprint density at radius 1 is 1.06 bits per heavy atom. The molecular weight excluding hydrogens is 320 g/mol. The molecule has 0 aliphatic carbocycles. The van der Waals surface area contributed by atoms with Crippen molar-refractivity contribution in [1.29, 1.82) is 0 Å². The van der Waals surface area contributed by atoms with E-state index in [2.05, 4.69) is 15.9 Å². The molecule has 2 N–H and O–H groups in total. The summed E-state index contributed by atoms with van der Waals surface area (Å²) in [4.78, 5) is 0.785. The summed E-state index contributed by atoms with van der Waals surface area (Å²) < 4.78 is 26.8. The predicted molar refractivity (Wildman–Crippen MR) is 74.5 cm³/mol. The van der Waals surface area contributed by atoms with Crippen LogP contribution in [0, 0.1) is 11.6 Å². The molecule has 94 valence electrons. The second-order valence-electron chi connectivity index (χ2n) is 3.71. The topological polar surface area (TPSA) is 26.0 Å². The highest BCUT2D eigenvalue weighted by Gasteiger charge is 2.05. The first kappa shape index (κ1) is 13.4. The molecule has 0 aliphatic rings. The SMILES string of the molecule is Nc1cc(F)ccc1SCc1cc(F)ccc1Br. The zero-order valence-electron chi connectivity index (χ0n) is 9.29. The number of benzene rings is 2. The number of halogens is 3. The van der Waals surface area contributed by atoms with Gasteiger partial charge in [0.05, 0.1) is 0 Å². The summed E-state index contributed by atoms with van der Waals surface area (Å²) in [5.74, 6) is -0.0709. The second kappa shape index (κ2) is 5.71. The van der Waals surface area contributed by atoms with E-state index in [0.717, 1.165) is 14.9 Å². The minimum atomic E-state index is -0.358. The van der Waals surface area contributed by atoms with Gasteiger partial charge in [-0.3, -0.25) is 0 Å². The number of hydrogen-bond donors (Lipinski definition) is 1.